The van der Waals surface area contributed by atoms with Crippen LogP contribution < -0.4 is 0 Å². The fourth-order valence-corrected chi connectivity index (χ4v) is 9.84. The van der Waals surface area contributed by atoms with Crippen LogP contribution in [0.25, 0.3) is 0 Å². The van der Waals surface area contributed by atoms with Crippen molar-refractivity contribution in [3.8, 4) is 0 Å². The van der Waals surface area contributed by atoms with E-state index in [1.807, 2.05) is 4.23 Å². The largest absolute Gasteiger partial charge is 0.355 e. The van der Waals surface area contributed by atoms with Gasteiger partial charge < -0.3 is 4.23 Å². The average Bonchev–Trinajstić information content (AvgIpc) is 1.59. The monoisotopic (exact) mass is 199 g/mol. The first-order valence-corrected chi connectivity index (χ1v) is 9.33. The minimum atomic E-state index is -0.198. The van der Waals surface area contributed by atoms with Gasteiger partial charge in [-0.3, -0.25) is 0 Å². The minimum Gasteiger partial charge on any atom is -0.355 e. The van der Waals surface area contributed by atoms with Gasteiger partial charge in [0.15, 0.2) is 0 Å². The van der Waals surface area contributed by atoms with Crippen LogP contribution in [-0.4, -0.2) is 47.9 Å². The smallest absolute Gasteiger partial charge is 0.134 e. The van der Waals surface area contributed by atoms with Gasteiger partial charge in [0.05, 0.1) is 17.6 Å². The van der Waals surface area contributed by atoms with Gasteiger partial charge in [0, 0.05) is 0 Å². The highest BCUT2D eigenvalue weighted by Gasteiger charge is 2.20. The van der Waals surface area contributed by atoms with Gasteiger partial charge in [0.25, 0.3) is 0 Å². The molecule has 0 aliphatic carbocycles. The van der Waals surface area contributed by atoms with Gasteiger partial charge in [-0.2, -0.15) is 0 Å². The SMILES string of the molecule is C[Si](C)C(N([Si])[Si])[Si](C)C. The Morgan fingerprint density at radius 1 is 1.00 bits per heavy atom. The summed E-state index contributed by atoms with van der Waals surface area (Å²) in [6.07, 6.45) is 0. The van der Waals surface area contributed by atoms with Crippen LogP contribution in [-0.2, 0) is 0 Å². The highest BCUT2D eigenvalue weighted by atomic mass is 28.3. The maximum atomic E-state index is 3.49. The van der Waals surface area contributed by atoms with E-state index in [-0.39, 0.29) is 17.6 Å². The van der Waals surface area contributed by atoms with Crippen molar-refractivity contribution in [1.29, 1.82) is 0 Å². The van der Waals surface area contributed by atoms with Crippen LogP contribution in [0.3, 0.4) is 0 Å². The Bertz CT molecular complexity index is 74.6. The van der Waals surface area contributed by atoms with E-state index < -0.39 is 0 Å². The Kier molecular flexibility index (Phi) is 5.04. The molecule has 0 fully saturated rings. The Morgan fingerprint density at radius 2 is 1.30 bits per heavy atom. The Labute approximate surface area is 74.4 Å². The maximum absolute atomic E-state index is 3.49. The molecule has 0 N–H and O–H groups in total. The van der Waals surface area contributed by atoms with Gasteiger partial charge >= 0.3 is 0 Å². The van der Waals surface area contributed by atoms with Crippen LogP contribution >= 0.6 is 0 Å². The first-order valence-electron chi connectivity index (χ1n) is 3.28. The standard InChI is InChI=1S/C5H13NSi4/c1-9(2)5(6(7)8)10(3)4/h5H,1-4H3. The van der Waals surface area contributed by atoms with Crippen LogP contribution in [0, 0.1) is 0 Å². The van der Waals surface area contributed by atoms with Crippen molar-refractivity contribution in [3.63, 3.8) is 0 Å². The lowest BCUT2D eigenvalue weighted by atomic mass is 11.4. The molecule has 0 aromatic heterocycles. The van der Waals surface area contributed by atoms with E-state index in [1.165, 1.54) is 0 Å². The predicted molar refractivity (Wildman–Crippen MR) is 52.1 cm³/mol. The van der Waals surface area contributed by atoms with Crippen molar-refractivity contribution in [2.24, 2.45) is 0 Å². The molecule has 0 aliphatic rings. The van der Waals surface area contributed by atoms with E-state index in [1.54, 1.807) is 0 Å². The summed E-state index contributed by atoms with van der Waals surface area (Å²) < 4.78 is 2.02. The first kappa shape index (κ1) is 10.8. The van der Waals surface area contributed by atoms with E-state index in [0.717, 1.165) is 5.29 Å². The summed E-state index contributed by atoms with van der Waals surface area (Å²) in [4.78, 5) is 0. The Morgan fingerprint density at radius 3 is 1.30 bits per heavy atom. The van der Waals surface area contributed by atoms with E-state index in [4.69, 9.17) is 0 Å². The molecule has 0 unspecified atom stereocenters. The van der Waals surface area contributed by atoms with Gasteiger partial charge in [-0.1, -0.05) is 26.2 Å². The number of hydrogen-bond acceptors (Lipinski definition) is 1. The highest BCUT2D eigenvalue weighted by molar-refractivity contribution is 6.78. The zero-order valence-corrected chi connectivity index (χ0v) is 11.0. The zero-order chi connectivity index (χ0) is 8.31. The third-order valence-electron chi connectivity index (χ3n) is 1.35. The van der Waals surface area contributed by atoms with Gasteiger partial charge in [0.1, 0.15) is 20.8 Å². The molecule has 0 bridgehead atoms. The molecule has 54 valence electrons. The normalized spacial score (nSPS) is 12.6. The first-order chi connectivity index (χ1) is 4.46. The highest BCUT2D eigenvalue weighted by Crippen LogP contribution is 2.02. The van der Waals surface area contributed by atoms with Gasteiger partial charge in [-0.15, -0.1) is 0 Å². The lowest BCUT2D eigenvalue weighted by Crippen LogP contribution is -2.49. The second kappa shape index (κ2) is 4.65. The van der Waals surface area contributed by atoms with Gasteiger partial charge in [-0.25, -0.2) is 0 Å². The Balaban J connectivity index is 3.98. The summed E-state index contributed by atoms with van der Waals surface area (Å²) >= 11 is 0. The van der Waals surface area contributed by atoms with Crippen LogP contribution in [0.15, 0.2) is 0 Å². The second-order valence-electron chi connectivity index (χ2n) is 2.93. The average molecular weight is 200 g/mol. The molecule has 0 heterocycles. The van der Waals surface area contributed by atoms with Crippen molar-refractivity contribution in [1.82, 2.24) is 4.23 Å². The fourth-order valence-electron chi connectivity index (χ4n) is 1.09. The van der Waals surface area contributed by atoms with Crippen LogP contribution in [0.5, 0.6) is 0 Å². The molecule has 0 spiro atoms. The van der Waals surface area contributed by atoms with E-state index in [2.05, 4.69) is 47.0 Å². The van der Waals surface area contributed by atoms with Crippen LogP contribution in [0.4, 0.5) is 0 Å². The molecule has 0 aliphatic heterocycles. The van der Waals surface area contributed by atoms with E-state index >= 15 is 0 Å². The van der Waals surface area contributed by atoms with Crippen LogP contribution in [0.1, 0.15) is 0 Å². The molecule has 10 heavy (non-hydrogen) atoms. The van der Waals surface area contributed by atoms with Crippen LogP contribution in [0.2, 0.25) is 26.2 Å². The molecular formula is C5H13NSi4. The van der Waals surface area contributed by atoms with Crippen molar-refractivity contribution in [2.75, 3.05) is 0 Å². The summed E-state index contributed by atoms with van der Waals surface area (Å²) in [5, 5.41) is 0.753. The number of rotatable bonds is 3. The van der Waals surface area contributed by atoms with Gasteiger partial charge in [0.2, 0.25) is 0 Å². The van der Waals surface area contributed by atoms with Crippen molar-refractivity contribution in [2.45, 2.75) is 31.5 Å². The summed E-state index contributed by atoms with van der Waals surface area (Å²) in [5.41, 5.74) is 0. The topological polar surface area (TPSA) is 3.24 Å². The van der Waals surface area contributed by atoms with E-state index in [0.29, 0.717) is 0 Å². The summed E-state index contributed by atoms with van der Waals surface area (Å²) in [5.74, 6) is 0. The summed E-state index contributed by atoms with van der Waals surface area (Å²) in [6.45, 7) is 9.39. The molecule has 0 saturated carbocycles. The van der Waals surface area contributed by atoms with Crippen molar-refractivity contribution >= 4 is 38.4 Å². The number of hydrogen-bond donors (Lipinski definition) is 0. The third kappa shape index (κ3) is 3.29. The van der Waals surface area contributed by atoms with Crippen molar-refractivity contribution < 1.29 is 0 Å². The predicted octanol–water partition coefficient (Wildman–Crippen LogP) is 0.411. The third-order valence-corrected chi connectivity index (χ3v) is 9.07. The molecule has 0 amide bonds. The summed E-state index contributed by atoms with van der Waals surface area (Å²) in [7, 11) is 6.58. The second-order valence-corrected chi connectivity index (χ2v) is 10.3. The molecule has 0 aromatic carbocycles. The molecule has 0 aromatic rings. The fraction of sp³-hybridized carbons (Fsp3) is 1.00. The Hall–Kier alpha value is 0.828. The lowest BCUT2D eigenvalue weighted by molar-refractivity contribution is 0.758. The van der Waals surface area contributed by atoms with Crippen molar-refractivity contribution in [3.05, 3.63) is 0 Å². The number of nitrogens with zero attached hydrogens (tertiary/aromatic N) is 1. The molecule has 0 atom stereocenters. The molecular weight excluding hydrogens is 186 g/mol. The molecule has 8 radical (unpaired) electrons. The van der Waals surface area contributed by atoms with Gasteiger partial charge in [-0.05, 0) is 5.29 Å². The lowest BCUT2D eigenvalue weighted by Gasteiger charge is -2.29. The summed E-state index contributed by atoms with van der Waals surface area (Å²) in [6, 6.07) is 0. The minimum absolute atomic E-state index is 0.198. The van der Waals surface area contributed by atoms with E-state index in [9.17, 15) is 0 Å². The molecule has 0 saturated heterocycles. The maximum Gasteiger partial charge on any atom is 0.134 e. The molecule has 0 rings (SSSR count). The molecule has 1 nitrogen and oxygen atoms in total. The quantitative estimate of drug-likeness (QED) is 0.595. The zero-order valence-electron chi connectivity index (χ0n) is 7.02. The molecule has 5 heteroatoms.